The van der Waals surface area contributed by atoms with Crippen LogP contribution in [0.25, 0.3) is 0 Å². The summed E-state index contributed by atoms with van der Waals surface area (Å²) < 4.78 is 61.1. The maximum Gasteiger partial charge on any atom is 0.511 e. The van der Waals surface area contributed by atoms with E-state index >= 15 is 0 Å². The molecule has 2 rings (SSSR count). The number of piperidine rings is 1. The summed E-state index contributed by atoms with van der Waals surface area (Å²) in [6, 6.07) is -0.137. The lowest BCUT2D eigenvalue weighted by Crippen LogP contribution is -2.51. The third-order valence-corrected chi connectivity index (χ3v) is 6.44. The third kappa shape index (κ3) is 5.30. The number of halogens is 3. The van der Waals surface area contributed by atoms with Crippen LogP contribution in [0.3, 0.4) is 0 Å². The van der Waals surface area contributed by atoms with Crippen molar-refractivity contribution in [2.75, 3.05) is 26.7 Å². The van der Waals surface area contributed by atoms with Gasteiger partial charge >= 0.3 is 15.5 Å². The van der Waals surface area contributed by atoms with E-state index in [1.54, 1.807) is 18.4 Å². The van der Waals surface area contributed by atoms with Crippen LogP contribution in [-0.2, 0) is 16.4 Å². The summed E-state index contributed by atoms with van der Waals surface area (Å²) in [6.07, 6.45) is 1.29. The van der Waals surface area contributed by atoms with Gasteiger partial charge in [0.15, 0.2) is 5.96 Å². The molecule has 1 aromatic heterocycles. The molecule has 0 unspecified atom stereocenters. The molecule has 1 fully saturated rings. The van der Waals surface area contributed by atoms with Crippen LogP contribution in [0.2, 0.25) is 0 Å². The molecule has 148 valence electrons. The highest BCUT2D eigenvalue weighted by molar-refractivity contribution is 7.90. The van der Waals surface area contributed by atoms with Gasteiger partial charge in [-0.15, -0.1) is 11.3 Å². The van der Waals surface area contributed by atoms with Crippen molar-refractivity contribution in [3.63, 3.8) is 0 Å². The van der Waals surface area contributed by atoms with E-state index in [0.717, 1.165) is 17.1 Å². The van der Waals surface area contributed by atoms with E-state index in [2.05, 4.69) is 20.6 Å². The number of aromatic nitrogens is 1. The van der Waals surface area contributed by atoms with Crippen LogP contribution in [0, 0.1) is 6.92 Å². The first kappa shape index (κ1) is 20.9. The lowest BCUT2D eigenvalue weighted by molar-refractivity contribution is -0.0494. The maximum absolute atomic E-state index is 12.6. The molecular formula is C14H22F3N5O2S2. The number of aliphatic imine (C=N–C) groups is 1. The molecule has 1 aromatic rings. The van der Waals surface area contributed by atoms with Gasteiger partial charge in [-0.25, -0.2) is 13.4 Å². The minimum Gasteiger partial charge on any atom is -0.356 e. The quantitative estimate of drug-likeness (QED) is 0.564. The largest absolute Gasteiger partial charge is 0.511 e. The minimum absolute atomic E-state index is 0.137. The Bertz CT molecular complexity index is 725. The van der Waals surface area contributed by atoms with Crippen LogP contribution in [0.4, 0.5) is 13.2 Å². The van der Waals surface area contributed by atoms with Crippen LogP contribution in [0.15, 0.2) is 10.4 Å². The van der Waals surface area contributed by atoms with Crippen molar-refractivity contribution in [3.8, 4) is 0 Å². The second-order valence-electron chi connectivity index (χ2n) is 5.88. The Balaban J connectivity index is 1.78. The first-order valence-electron chi connectivity index (χ1n) is 8.08. The van der Waals surface area contributed by atoms with Gasteiger partial charge in [0.1, 0.15) is 0 Å². The van der Waals surface area contributed by atoms with Crippen molar-refractivity contribution in [1.29, 1.82) is 0 Å². The van der Waals surface area contributed by atoms with Gasteiger partial charge < -0.3 is 10.6 Å². The van der Waals surface area contributed by atoms with E-state index in [0.29, 0.717) is 16.8 Å². The Labute approximate surface area is 154 Å². The molecule has 2 N–H and O–H groups in total. The van der Waals surface area contributed by atoms with Gasteiger partial charge in [-0.3, -0.25) is 4.99 Å². The van der Waals surface area contributed by atoms with Crippen LogP contribution < -0.4 is 10.6 Å². The molecule has 0 bridgehead atoms. The standard InChI is InChI=1S/C14H22F3N5O2S2/c1-10-20-12(9-25-10)3-6-19-13(18-2)21-11-4-7-22(8-5-11)26(23,24)14(15,16)17/h9,11H,3-8H2,1-2H3,(H2,18,19,21). The van der Waals surface area contributed by atoms with Crippen LogP contribution in [-0.4, -0.2) is 61.9 Å². The fourth-order valence-corrected chi connectivity index (χ4v) is 4.24. The monoisotopic (exact) mass is 413 g/mol. The van der Waals surface area contributed by atoms with Crippen molar-refractivity contribution in [3.05, 3.63) is 16.1 Å². The molecule has 1 saturated heterocycles. The molecular weight excluding hydrogens is 391 g/mol. The number of rotatable bonds is 5. The molecule has 0 amide bonds. The molecule has 0 saturated carbocycles. The van der Waals surface area contributed by atoms with Gasteiger partial charge in [0.2, 0.25) is 0 Å². The normalized spacial score (nSPS) is 18.1. The number of nitrogens with zero attached hydrogens (tertiary/aromatic N) is 3. The van der Waals surface area contributed by atoms with E-state index < -0.39 is 15.5 Å². The van der Waals surface area contributed by atoms with E-state index in [1.165, 1.54) is 0 Å². The van der Waals surface area contributed by atoms with Gasteiger partial charge in [-0.05, 0) is 19.8 Å². The third-order valence-electron chi connectivity index (χ3n) is 3.99. The molecule has 1 aliphatic rings. The molecule has 1 aliphatic heterocycles. The van der Waals surface area contributed by atoms with Gasteiger partial charge in [0.05, 0.1) is 10.7 Å². The van der Waals surface area contributed by atoms with Crippen molar-refractivity contribution in [2.45, 2.75) is 37.7 Å². The number of hydrogen-bond acceptors (Lipinski definition) is 5. The van der Waals surface area contributed by atoms with Gasteiger partial charge in [0.25, 0.3) is 0 Å². The van der Waals surface area contributed by atoms with E-state index in [4.69, 9.17) is 0 Å². The molecule has 0 atom stereocenters. The molecule has 0 radical (unpaired) electrons. The van der Waals surface area contributed by atoms with Crippen molar-refractivity contribution in [2.24, 2.45) is 4.99 Å². The van der Waals surface area contributed by atoms with Crippen LogP contribution >= 0.6 is 11.3 Å². The number of nitrogens with one attached hydrogen (secondary N) is 2. The lowest BCUT2D eigenvalue weighted by Gasteiger charge is -2.32. The average molecular weight is 413 g/mol. The smallest absolute Gasteiger partial charge is 0.356 e. The summed E-state index contributed by atoms with van der Waals surface area (Å²) in [5, 5.41) is 9.25. The minimum atomic E-state index is -5.25. The fourth-order valence-electron chi connectivity index (χ4n) is 2.61. The van der Waals surface area contributed by atoms with E-state index in [-0.39, 0.29) is 32.0 Å². The second kappa shape index (κ2) is 8.53. The number of alkyl halides is 3. The molecule has 12 heteroatoms. The number of sulfonamides is 1. The zero-order valence-electron chi connectivity index (χ0n) is 14.5. The van der Waals surface area contributed by atoms with E-state index in [1.807, 2.05) is 12.3 Å². The highest BCUT2D eigenvalue weighted by Gasteiger charge is 2.50. The molecule has 0 aliphatic carbocycles. The predicted octanol–water partition coefficient (Wildman–Crippen LogP) is 1.47. The Morgan fingerprint density at radius 1 is 1.42 bits per heavy atom. The highest BCUT2D eigenvalue weighted by atomic mass is 32.2. The molecule has 0 spiro atoms. The van der Waals surface area contributed by atoms with Crippen molar-refractivity contribution < 1.29 is 21.6 Å². The summed E-state index contributed by atoms with van der Waals surface area (Å²) >= 11 is 1.58. The molecule has 7 nitrogen and oxygen atoms in total. The zero-order valence-corrected chi connectivity index (χ0v) is 16.1. The SMILES string of the molecule is CN=C(NCCc1csc(C)n1)NC1CCN(S(=O)(=O)C(F)(F)F)CC1. The summed E-state index contributed by atoms with van der Waals surface area (Å²) in [4.78, 5) is 8.45. The summed E-state index contributed by atoms with van der Waals surface area (Å²) in [5.74, 6) is 0.536. The Morgan fingerprint density at radius 3 is 2.58 bits per heavy atom. The average Bonchev–Trinajstić information content (AvgIpc) is 2.98. The fraction of sp³-hybridized carbons (Fsp3) is 0.714. The van der Waals surface area contributed by atoms with Gasteiger partial charge in [-0.2, -0.15) is 17.5 Å². The Hall–Kier alpha value is -1.40. The van der Waals surface area contributed by atoms with Crippen molar-refractivity contribution >= 4 is 27.3 Å². The Kier molecular flexibility index (Phi) is 6.86. The number of guanidine groups is 1. The first-order valence-corrected chi connectivity index (χ1v) is 10.4. The summed E-state index contributed by atoms with van der Waals surface area (Å²) in [7, 11) is -3.64. The first-order chi connectivity index (χ1) is 12.1. The topological polar surface area (TPSA) is 86.7 Å². The number of aryl methyl sites for hydroxylation is 1. The molecule has 0 aromatic carbocycles. The van der Waals surface area contributed by atoms with Crippen LogP contribution in [0.1, 0.15) is 23.5 Å². The molecule has 26 heavy (non-hydrogen) atoms. The predicted molar refractivity (Wildman–Crippen MR) is 94.6 cm³/mol. The highest BCUT2D eigenvalue weighted by Crippen LogP contribution is 2.28. The second-order valence-corrected chi connectivity index (χ2v) is 8.87. The van der Waals surface area contributed by atoms with Crippen molar-refractivity contribution in [1.82, 2.24) is 19.9 Å². The van der Waals surface area contributed by atoms with E-state index in [9.17, 15) is 21.6 Å². The summed E-state index contributed by atoms with van der Waals surface area (Å²) in [6.45, 7) is 2.21. The van der Waals surface area contributed by atoms with Crippen LogP contribution in [0.5, 0.6) is 0 Å². The number of thiazole rings is 1. The van der Waals surface area contributed by atoms with Gasteiger partial charge in [0, 0.05) is 44.5 Å². The molecule has 2 heterocycles. The van der Waals surface area contributed by atoms with Gasteiger partial charge in [-0.1, -0.05) is 0 Å². The summed E-state index contributed by atoms with van der Waals surface area (Å²) in [5.41, 5.74) is -4.26. The number of hydrogen-bond donors (Lipinski definition) is 2. The maximum atomic E-state index is 12.6. The Morgan fingerprint density at radius 2 is 2.08 bits per heavy atom. The lowest BCUT2D eigenvalue weighted by atomic mass is 10.1. The zero-order chi connectivity index (χ0) is 19.4.